The maximum absolute atomic E-state index is 9.23. The van der Waals surface area contributed by atoms with Crippen molar-refractivity contribution in [3.8, 4) is 0 Å². The molecule has 3 heteroatoms. The molecular weight excluding hydrogens is 307 g/mol. The van der Waals surface area contributed by atoms with Crippen molar-refractivity contribution in [3.05, 3.63) is 32.2 Å². The minimum absolute atomic E-state index is 0.136. The SMILES string of the molecule is CCc1cc(CO)c(I)c2ccsc12. The Morgan fingerprint density at radius 1 is 1.43 bits per heavy atom. The van der Waals surface area contributed by atoms with Gasteiger partial charge in [0.1, 0.15) is 0 Å². The Kier molecular flexibility index (Phi) is 3.09. The van der Waals surface area contributed by atoms with Crippen molar-refractivity contribution >= 4 is 44.0 Å². The van der Waals surface area contributed by atoms with Gasteiger partial charge in [0.2, 0.25) is 0 Å². The third kappa shape index (κ3) is 1.57. The van der Waals surface area contributed by atoms with Crippen molar-refractivity contribution in [1.29, 1.82) is 0 Å². The highest BCUT2D eigenvalue weighted by Gasteiger charge is 2.09. The van der Waals surface area contributed by atoms with Gasteiger partial charge in [-0.1, -0.05) is 13.0 Å². The van der Waals surface area contributed by atoms with Crippen LogP contribution in [0.3, 0.4) is 0 Å². The lowest BCUT2D eigenvalue weighted by Gasteiger charge is -2.06. The first-order chi connectivity index (χ1) is 6.77. The predicted molar refractivity (Wildman–Crippen MR) is 69.8 cm³/mol. The average Bonchev–Trinajstić information content (AvgIpc) is 2.68. The molecule has 74 valence electrons. The zero-order valence-electron chi connectivity index (χ0n) is 7.88. The predicted octanol–water partition coefficient (Wildman–Crippen LogP) is 3.56. The van der Waals surface area contributed by atoms with Gasteiger partial charge in [-0.3, -0.25) is 0 Å². The molecule has 0 aliphatic heterocycles. The summed E-state index contributed by atoms with van der Waals surface area (Å²) in [6, 6.07) is 4.26. The van der Waals surface area contributed by atoms with Crippen LogP contribution >= 0.6 is 33.9 Å². The van der Waals surface area contributed by atoms with Crippen LogP contribution in [0.5, 0.6) is 0 Å². The van der Waals surface area contributed by atoms with Gasteiger partial charge in [0.25, 0.3) is 0 Å². The number of hydrogen-bond donors (Lipinski definition) is 1. The zero-order valence-corrected chi connectivity index (χ0v) is 10.9. The highest BCUT2D eigenvalue weighted by Crippen LogP contribution is 2.32. The van der Waals surface area contributed by atoms with Crippen molar-refractivity contribution in [2.45, 2.75) is 20.0 Å². The molecule has 0 aliphatic rings. The van der Waals surface area contributed by atoms with Crippen LogP contribution in [0, 0.1) is 3.57 Å². The number of rotatable bonds is 2. The van der Waals surface area contributed by atoms with Gasteiger partial charge in [-0.2, -0.15) is 0 Å². The molecule has 0 saturated carbocycles. The first kappa shape index (κ1) is 10.4. The molecule has 1 aromatic carbocycles. The lowest BCUT2D eigenvalue weighted by molar-refractivity contribution is 0.281. The molecule has 0 spiro atoms. The number of fused-ring (bicyclic) bond motifs is 1. The molecule has 1 nitrogen and oxygen atoms in total. The maximum atomic E-state index is 9.23. The van der Waals surface area contributed by atoms with Crippen LogP contribution in [0.4, 0.5) is 0 Å². The van der Waals surface area contributed by atoms with Crippen LogP contribution in [0.25, 0.3) is 10.1 Å². The molecule has 0 atom stereocenters. The number of halogens is 1. The third-order valence-corrected chi connectivity index (χ3v) is 4.64. The molecule has 0 saturated heterocycles. The first-order valence-electron chi connectivity index (χ1n) is 4.56. The third-order valence-electron chi connectivity index (χ3n) is 2.37. The van der Waals surface area contributed by atoms with E-state index in [2.05, 4.69) is 47.0 Å². The van der Waals surface area contributed by atoms with Gasteiger partial charge in [-0.15, -0.1) is 11.3 Å². The van der Waals surface area contributed by atoms with Gasteiger partial charge >= 0.3 is 0 Å². The van der Waals surface area contributed by atoms with Gasteiger partial charge in [0, 0.05) is 13.7 Å². The topological polar surface area (TPSA) is 20.2 Å². The largest absolute Gasteiger partial charge is 0.392 e. The summed E-state index contributed by atoms with van der Waals surface area (Å²) in [5, 5.41) is 12.6. The van der Waals surface area contributed by atoms with Crippen LogP contribution in [0.15, 0.2) is 17.5 Å². The Labute approximate surface area is 101 Å². The van der Waals surface area contributed by atoms with Gasteiger partial charge in [-0.25, -0.2) is 0 Å². The summed E-state index contributed by atoms with van der Waals surface area (Å²) < 4.78 is 2.56. The van der Waals surface area contributed by atoms with Gasteiger partial charge < -0.3 is 5.11 Å². The summed E-state index contributed by atoms with van der Waals surface area (Å²) in [6.07, 6.45) is 1.03. The lowest BCUT2D eigenvalue weighted by Crippen LogP contribution is -1.92. The van der Waals surface area contributed by atoms with E-state index in [1.54, 1.807) is 11.3 Å². The fourth-order valence-corrected chi connectivity index (χ4v) is 3.57. The van der Waals surface area contributed by atoms with Crippen LogP contribution in [0.1, 0.15) is 18.1 Å². The second-order valence-corrected chi connectivity index (χ2v) is 5.18. The molecule has 0 amide bonds. The van der Waals surface area contributed by atoms with Crippen molar-refractivity contribution in [1.82, 2.24) is 0 Å². The number of benzene rings is 1. The molecule has 0 aliphatic carbocycles. The van der Waals surface area contributed by atoms with E-state index < -0.39 is 0 Å². The van der Waals surface area contributed by atoms with Crippen LogP contribution in [0.2, 0.25) is 0 Å². The van der Waals surface area contributed by atoms with E-state index in [1.807, 2.05) is 0 Å². The quantitative estimate of drug-likeness (QED) is 0.840. The summed E-state index contributed by atoms with van der Waals surface area (Å²) in [6.45, 7) is 2.29. The van der Waals surface area contributed by atoms with Crippen molar-refractivity contribution in [2.24, 2.45) is 0 Å². The molecule has 2 rings (SSSR count). The molecule has 0 radical (unpaired) electrons. The molecule has 1 aromatic heterocycles. The normalized spacial score (nSPS) is 11.1. The van der Waals surface area contributed by atoms with E-state index in [-0.39, 0.29) is 6.61 Å². The fourth-order valence-electron chi connectivity index (χ4n) is 1.62. The van der Waals surface area contributed by atoms with Crippen LogP contribution < -0.4 is 0 Å². The minimum atomic E-state index is 0.136. The zero-order chi connectivity index (χ0) is 10.1. The molecular formula is C11H11IOS. The van der Waals surface area contributed by atoms with Crippen LogP contribution in [-0.4, -0.2) is 5.11 Å². The van der Waals surface area contributed by atoms with Gasteiger partial charge in [0.15, 0.2) is 0 Å². The van der Waals surface area contributed by atoms with Crippen molar-refractivity contribution in [3.63, 3.8) is 0 Å². The summed E-state index contributed by atoms with van der Waals surface area (Å²) >= 11 is 4.10. The van der Waals surface area contributed by atoms with Crippen LogP contribution in [-0.2, 0) is 13.0 Å². The second kappa shape index (κ2) is 4.16. The van der Waals surface area contributed by atoms with E-state index in [0.29, 0.717) is 0 Å². The number of aryl methyl sites for hydroxylation is 1. The van der Waals surface area contributed by atoms with E-state index in [4.69, 9.17) is 0 Å². The fraction of sp³-hybridized carbons (Fsp3) is 0.273. The van der Waals surface area contributed by atoms with E-state index >= 15 is 0 Å². The Morgan fingerprint density at radius 3 is 2.86 bits per heavy atom. The number of aliphatic hydroxyl groups excluding tert-OH is 1. The maximum Gasteiger partial charge on any atom is 0.0692 e. The summed E-state index contributed by atoms with van der Waals surface area (Å²) in [5.74, 6) is 0. The van der Waals surface area contributed by atoms with Crippen molar-refractivity contribution in [2.75, 3.05) is 0 Å². The van der Waals surface area contributed by atoms with Gasteiger partial charge in [-0.05, 0) is 51.6 Å². The molecule has 0 unspecified atom stereocenters. The van der Waals surface area contributed by atoms with E-state index in [9.17, 15) is 5.11 Å². The Morgan fingerprint density at radius 2 is 2.21 bits per heavy atom. The highest BCUT2D eigenvalue weighted by atomic mass is 127. The molecule has 0 fully saturated rings. The smallest absolute Gasteiger partial charge is 0.0692 e. The summed E-state index contributed by atoms with van der Waals surface area (Å²) in [5.41, 5.74) is 2.40. The Hall–Kier alpha value is -0.130. The lowest BCUT2D eigenvalue weighted by atomic mass is 10.1. The summed E-state index contributed by atoms with van der Waals surface area (Å²) in [7, 11) is 0. The number of aliphatic hydroxyl groups is 1. The summed E-state index contributed by atoms with van der Waals surface area (Å²) in [4.78, 5) is 0. The highest BCUT2D eigenvalue weighted by molar-refractivity contribution is 14.1. The van der Waals surface area contributed by atoms with E-state index in [0.717, 1.165) is 12.0 Å². The number of thiophene rings is 1. The standard InChI is InChI=1S/C11H11IOS/c1-2-7-5-8(6-13)10(12)9-3-4-14-11(7)9/h3-5,13H,2,6H2,1H3. The van der Waals surface area contributed by atoms with E-state index in [1.165, 1.54) is 19.2 Å². The molecule has 2 aromatic rings. The van der Waals surface area contributed by atoms with Gasteiger partial charge in [0.05, 0.1) is 6.61 Å². The first-order valence-corrected chi connectivity index (χ1v) is 6.52. The molecule has 0 bridgehead atoms. The van der Waals surface area contributed by atoms with Crippen molar-refractivity contribution < 1.29 is 5.11 Å². The number of hydrogen-bond acceptors (Lipinski definition) is 2. The average molecular weight is 318 g/mol. The Balaban J connectivity index is 2.80. The minimum Gasteiger partial charge on any atom is -0.392 e. The second-order valence-electron chi connectivity index (χ2n) is 3.18. The Bertz CT molecular complexity index is 462. The molecule has 14 heavy (non-hydrogen) atoms. The monoisotopic (exact) mass is 318 g/mol. The molecule has 1 N–H and O–H groups in total. The molecule has 1 heterocycles.